The molecule has 2 rings (SSSR count). The van der Waals surface area contributed by atoms with Crippen LogP contribution in [0.2, 0.25) is 0 Å². The fourth-order valence-electron chi connectivity index (χ4n) is 1.79. The first-order valence-corrected chi connectivity index (χ1v) is 5.80. The van der Waals surface area contributed by atoms with Crippen molar-refractivity contribution in [2.75, 3.05) is 19.8 Å². The average molecular weight is 236 g/mol. The summed E-state index contributed by atoms with van der Waals surface area (Å²) in [6, 6.07) is 5.31. The van der Waals surface area contributed by atoms with Crippen molar-refractivity contribution >= 4 is 6.29 Å². The van der Waals surface area contributed by atoms with Gasteiger partial charge in [-0.05, 0) is 19.1 Å². The molecule has 0 amide bonds. The molecule has 0 radical (unpaired) electrons. The molecule has 92 valence electrons. The summed E-state index contributed by atoms with van der Waals surface area (Å²) in [6.45, 7) is 3.71. The zero-order chi connectivity index (χ0) is 12.1. The Morgan fingerprint density at radius 2 is 2.41 bits per heavy atom. The van der Waals surface area contributed by atoms with Gasteiger partial charge >= 0.3 is 0 Å². The van der Waals surface area contributed by atoms with E-state index in [1.54, 1.807) is 12.1 Å². The second kappa shape index (κ2) is 5.68. The molecule has 4 heteroatoms. The molecule has 0 aliphatic carbocycles. The number of rotatable bonds is 5. The molecule has 1 atom stereocenters. The predicted octanol–water partition coefficient (Wildman–Crippen LogP) is 2.07. The lowest BCUT2D eigenvalue weighted by Crippen LogP contribution is -2.17. The molecule has 1 aliphatic rings. The van der Waals surface area contributed by atoms with E-state index in [0.29, 0.717) is 36.9 Å². The smallest absolute Gasteiger partial charge is 0.172 e. The third-order valence-corrected chi connectivity index (χ3v) is 2.61. The van der Waals surface area contributed by atoms with Gasteiger partial charge in [0.05, 0.1) is 25.4 Å². The van der Waals surface area contributed by atoms with Crippen LogP contribution in [0.1, 0.15) is 23.7 Å². The van der Waals surface area contributed by atoms with Crippen molar-refractivity contribution in [3.05, 3.63) is 23.8 Å². The molecule has 0 spiro atoms. The highest BCUT2D eigenvalue weighted by Gasteiger charge is 2.20. The van der Waals surface area contributed by atoms with E-state index in [1.165, 1.54) is 0 Å². The average Bonchev–Trinajstić information content (AvgIpc) is 2.84. The Labute approximate surface area is 100 Å². The van der Waals surface area contributed by atoms with E-state index in [4.69, 9.17) is 14.2 Å². The number of para-hydroxylation sites is 1. The molecule has 1 aromatic carbocycles. The van der Waals surface area contributed by atoms with Crippen LogP contribution in [-0.4, -0.2) is 32.2 Å². The van der Waals surface area contributed by atoms with Crippen LogP contribution < -0.4 is 9.47 Å². The van der Waals surface area contributed by atoms with Crippen LogP contribution in [-0.2, 0) is 4.74 Å². The number of carbonyl (C=O) groups is 1. The van der Waals surface area contributed by atoms with Crippen molar-refractivity contribution in [2.45, 2.75) is 19.4 Å². The van der Waals surface area contributed by atoms with E-state index < -0.39 is 0 Å². The highest BCUT2D eigenvalue weighted by atomic mass is 16.6. The molecule has 4 nitrogen and oxygen atoms in total. The van der Waals surface area contributed by atoms with Crippen molar-refractivity contribution in [1.29, 1.82) is 0 Å². The van der Waals surface area contributed by atoms with Gasteiger partial charge in [0.2, 0.25) is 0 Å². The first kappa shape index (κ1) is 11.9. The molecule has 0 bridgehead atoms. The maximum absolute atomic E-state index is 11.0. The van der Waals surface area contributed by atoms with Gasteiger partial charge in [-0.25, -0.2) is 0 Å². The third-order valence-electron chi connectivity index (χ3n) is 2.61. The summed E-state index contributed by atoms with van der Waals surface area (Å²) in [5, 5.41) is 0. The molecule has 1 aliphatic heterocycles. The van der Waals surface area contributed by atoms with E-state index >= 15 is 0 Å². The second-order valence-corrected chi connectivity index (χ2v) is 3.83. The third kappa shape index (κ3) is 2.77. The number of carbonyl (C=O) groups excluding carboxylic acids is 1. The lowest BCUT2D eigenvalue weighted by Gasteiger charge is -2.17. The fourth-order valence-corrected chi connectivity index (χ4v) is 1.79. The van der Waals surface area contributed by atoms with Gasteiger partial charge in [-0.2, -0.15) is 0 Å². The molecule has 0 N–H and O–H groups in total. The zero-order valence-electron chi connectivity index (χ0n) is 9.85. The standard InChI is InChI=1S/C13H16O4/c1-2-16-12-5-3-4-10(8-14)13(12)17-11-6-7-15-9-11/h3-5,8,11H,2,6-7,9H2,1H3. The summed E-state index contributed by atoms with van der Waals surface area (Å²) < 4.78 is 16.5. The number of benzene rings is 1. The van der Waals surface area contributed by atoms with Crippen LogP contribution in [0.5, 0.6) is 11.5 Å². The van der Waals surface area contributed by atoms with Gasteiger partial charge in [0.1, 0.15) is 6.10 Å². The largest absolute Gasteiger partial charge is 0.490 e. The van der Waals surface area contributed by atoms with E-state index in [-0.39, 0.29) is 6.10 Å². The molecule has 17 heavy (non-hydrogen) atoms. The van der Waals surface area contributed by atoms with Gasteiger partial charge in [0.15, 0.2) is 17.8 Å². The molecule has 1 fully saturated rings. The topological polar surface area (TPSA) is 44.8 Å². The first-order valence-electron chi connectivity index (χ1n) is 5.80. The molecular formula is C13H16O4. The SMILES string of the molecule is CCOc1cccc(C=O)c1OC1CCOC1. The fraction of sp³-hybridized carbons (Fsp3) is 0.462. The van der Waals surface area contributed by atoms with Gasteiger partial charge in [0, 0.05) is 6.42 Å². The van der Waals surface area contributed by atoms with Gasteiger partial charge < -0.3 is 14.2 Å². The Hall–Kier alpha value is -1.55. The minimum atomic E-state index is 0.00954. The minimum absolute atomic E-state index is 0.00954. The Bertz CT molecular complexity index is 383. The lowest BCUT2D eigenvalue weighted by atomic mass is 10.2. The van der Waals surface area contributed by atoms with Crippen LogP contribution in [0.15, 0.2) is 18.2 Å². The number of ether oxygens (including phenoxy) is 3. The second-order valence-electron chi connectivity index (χ2n) is 3.83. The summed E-state index contributed by atoms with van der Waals surface area (Å²) in [6.07, 6.45) is 1.64. The van der Waals surface area contributed by atoms with E-state index in [9.17, 15) is 4.79 Å². The van der Waals surface area contributed by atoms with Gasteiger partial charge in [0.25, 0.3) is 0 Å². The van der Waals surface area contributed by atoms with Crippen LogP contribution in [0.3, 0.4) is 0 Å². The molecule has 1 unspecified atom stereocenters. The van der Waals surface area contributed by atoms with Gasteiger partial charge in [-0.3, -0.25) is 4.79 Å². The Balaban J connectivity index is 2.23. The summed E-state index contributed by atoms with van der Waals surface area (Å²) in [7, 11) is 0. The van der Waals surface area contributed by atoms with Crippen molar-refractivity contribution in [1.82, 2.24) is 0 Å². The highest BCUT2D eigenvalue weighted by molar-refractivity contribution is 5.81. The van der Waals surface area contributed by atoms with Crippen molar-refractivity contribution < 1.29 is 19.0 Å². The molecule has 1 saturated heterocycles. The van der Waals surface area contributed by atoms with Gasteiger partial charge in [-0.15, -0.1) is 0 Å². The monoisotopic (exact) mass is 236 g/mol. The lowest BCUT2D eigenvalue weighted by molar-refractivity contribution is 0.110. The summed E-state index contributed by atoms with van der Waals surface area (Å²) in [5.74, 6) is 1.14. The summed E-state index contributed by atoms with van der Waals surface area (Å²) >= 11 is 0. The van der Waals surface area contributed by atoms with Crippen molar-refractivity contribution in [2.24, 2.45) is 0 Å². The normalized spacial score (nSPS) is 19.0. The molecule has 0 saturated carbocycles. The van der Waals surface area contributed by atoms with Crippen LogP contribution in [0, 0.1) is 0 Å². The Morgan fingerprint density at radius 1 is 1.53 bits per heavy atom. The molecule has 1 heterocycles. The highest BCUT2D eigenvalue weighted by Crippen LogP contribution is 2.32. The van der Waals surface area contributed by atoms with Gasteiger partial charge in [-0.1, -0.05) is 6.07 Å². The Morgan fingerprint density at radius 3 is 3.06 bits per heavy atom. The predicted molar refractivity (Wildman–Crippen MR) is 62.9 cm³/mol. The maximum Gasteiger partial charge on any atom is 0.172 e. The first-order chi connectivity index (χ1) is 8.35. The molecule has 1 aromatic rings. The van der Waals surface area contributed by atoms with Crippen LogP contribution in [0.4, 0.5) is 0 Å². The van der Waals surface area contributed by atoms with Crippen LogP contribution >= 0.6 is 0 Å². The quantitative estimate of drug-likeness (QED) is 0.734. The van der Waals surface area contributed by atoms with Crippen LogP contribution in [0.25, 0.3) is 0 Å². The van der Waals surface area contributed by atoms with E-state index in [1.807, 2.05) is 13.0 Å². The van der Waals surface area contributed by atoms with E-state index in [0.717, 1.165) is 12.7 Å². The number of hydrogen-bond acceptors (Lipinski definition) is 4. The molecular weight excluding hydrogens is 220 g/mol. The summed E-state index contributed by atoms with van der Waals surface area (Å²) in [4.78, 5) is 11.0. The molecule has 0 aromatic heterocycles. The Kier molecular flexibility index (Phi) is 3.98. The minimum Gasteiger partial charge on any atom is -0.490 e. The summed E-state index contributed by atoms with van der Waals surface area (Å²) in [5.41, 5.74) is 0.517. The maximum atomic E-state index is 11.0. The number of hydrogen-bond donors (Lipinski definition) is 0. The van der Waals surface area contributed by atoms with Crippen molar-refractivity contribution in [3.8, 4) is 11.5 Å². The number of aldehydes is 1. The zero-order valence-corrected chi connectivity index (χ0v) is 9.85. The van der Waals surface area contributed by atoms with Crippen molar-refractivity contribution in [3.63, 3.8) is 0 Å². The van der Waals surface area contributed by atoms with E-state index in [2.05, 4.69) is 0 Å².